The van der Waals surface area contributed by atoms with Crippen LogP contribution in [0.25, 0.3) is 0 Å². The second-order valence-corrected chi connectivity index (χ2v) is 6.01. The summed E-state index contributed by atoms with van der Waals surface area (Å²) >= 11 is 1.58. The van der Waals surface area contributed by atoms with Crippen LogP contribution >= 0.6 is 11.3 Å². The monoisotopic (exact) mass is 342 g/mol. The zero-order valence-electron chi connectivity index (χ0n) is 12.5. The molecule has 122 valence electrons. The van der Waals surface area contributed by atoms with Gasteiger partial charge in [0, 0.05) is 41.5 Å². The summed E-state index contributed by atoms with van der Waals surface area (Å²) in [6.07, 6.45) is 3.52. The van der Waals surface area contributed by atoms with E-state index in [-0.39, 0.29) is 23.2 Å². The number of benzene rings is 1. The molecule has 3 rings (SSSR count). The average Bonchev–Trinajstić information content (AvgIpc) is 3.29. The van der Waals surface area contributed by atoms with Crippen molar-refractivity contribution in [1.29, 1.82) is 0 Å². The lowest BCUT2D eigenvalue weighted by molar-refractivity contribution is -0.384. The van der Waals surface area contributed by atoms with Gasteiger partial charge in [-0.25, -0.2) is 0 Å². The van der Waals surface area contributed by atoms with Crippen LogP contribution in [0, 0.1) is 10.1 Å². The molecule has 3 aromatic rings. The Hall–Kier alpha value is -3.00. The molecule has 0 radical (unpaired) electrons. The molecule has 1 aromatic carbocycles. The van der Waals surface area contributed by atoms with Crippen LogP contribution in [0.1, 0.15) is 21.3 Å². The summed E-state index contributed by atoms with van der Waals surface area (Å²) in [6.45, 7) is 0.337. The number of nitrogens with zero attached hydrogens (tertiary/aromatic N) is 3. The van der Waals surface area contributed by atoms with E-state index < -0.39 is 4.92 Å². The molecule has 0 saturated carbocycles. The fraction of sp³-hybridized carbons (Fsp3) is 0.125. The van der Waals surface area contributed by atoms with Gasteiger partial charge in [0.25, 0.3) is 11.6 Å². The first kappa shape index (κ1) is 15.9. The molecule has 1 unspecified atom stereocenters. The number of aromatic nitrogens is 2. The molecule has 0 aliphatic carbocycles. The van der Waals surface area contributed by atoms with Crippen molar-refractivity contribution in [3.63, 3.8) is 0 Å². The number of thiophene rings is 1. The molecule has 8 heteroatoms. The van der Waals surface area contributed by atoms with Crippen molar-refractivity contribution in [1.82, 2.24) is 15.1 Å². The van der Waals surface area contributed by atoms with Crippen LogP contribution in [0.15, 0.2) is 60.2 Å². The van der Waals surface area contributed by atoms with E-state index in [1.165, 1.54) is 18.2 Å². The minimum atomic E-state index is -0.519. The Labute approximate surface area is 141 Å². The third-order valence-corrected chi connectivity index (χ3v) is 4.46. The summed E-state index contributed by atoms with van der Waals surface area (Å²) in [7, 11) is 0. The smallest absolute Gasteiger partial charge is 0.270 e. The number of nitro benzene ring substituents is 1. The van der Waals surface area contributed by atoms with E-state index in [9.17, 15) is 14.9 Å². The van der Waals surface area contributed by atoms with Crippen molar-refractivity contribution in [2.45, 2.75) is 6.04 Å². The van der Waals surface area contributed by atoms with Gasteiger partial charge in [-0.15, -0.1) is 11.3 Å². The number of amides is 1. The van der Waals surface area contributed by atoms with Crippen molar-refractivity contribution >= 4 is 22.9 Å². The number of hydrogen-bond donors (Lipinski definition) is 1. The number of carbonyl (C=O) groups is 1. The highest BCUT2D eigenvalue weighted by atomic mass is 32.1. The molecule has 2 heterocycles. The third kappa shape index (κ3) is 3.49. The number of hydrogen-bond acceptors (Lipinski definition) is 5. The zero-order chi connectivity index (χ0) is 16.9. The second kappa shape index (κ2) is 7.05. The molecule has 1 atom stereocenters. The molecule has 0 bridgehead atoms. The van der Waals surface area contributed by atoms with Gasteiger partial charge >= 0.3 is 0 Å². The van der Waals surface area contributed by atoms with Gasteiger partial charge in [-0.1, -0.05) is 12.1 Å². The summed E-state index contributed by atoms with van der Waals surface area (Å²) in [4.78, 5) is 23.7. The molecule has 24 heavy (non-hydrogen) atoms. The maximum absolute atomic E-state index is 12.3. The molecule has 1 amide bonds. The van der Waals surface area contributed by atoms with Crippen molar-refractivity contribution in [3.05, 3.63) is 80.8 Å². The number of nitro groups is 1. The van der Waals surface area contributed by atoms with Gasteiger partial charge in [0.05, 0.1) is 4.92 Å². The van der Waals surface area contributed by atoms with E-state index >= 15 is 0 Å². The van der Waals surface area contributed by atoms with E-state index in [0.717, 1.165) is 4.88 Å². The van der Waals surface area contributed by atoms with Gasteiger partial charge in [-0.2, -0.15) is 5.10 Å². The molecule has 0 aliphatic heterocycles. The molecule has 1 N–H and O–H groups in total. The highest BCUT2D eigenvalue weighted by Crippen LogP contribution is 2.22. The Morgan fingerprint density at radius 1 is 1.33 bits per heavy atom. The topological polar surface area (TPSA) is 90.1 Å². The molecule has 0 spiro atoms. The lowest BCUT2D eigenvalue weighted by Gasteiger charge is -2.17. The third-order valence-electron chi connectivity index (χ3n) is 3.49. The molecular weight excluding hydrogens is 328 g/mol. The lowest BCUT2D eigenvalue weighted by atomic mass is 10.1. The Morgan fingerprint density at radius 3 is 2.88 bits per heavy atom. The van der Waals surface area contributed by atoms with Gasteiger partial charge in [-0.05, 0) is 23.6 Å². The standard InChI is InChI=1S/C16H14N4O3S/c21-16(12-4-1-5-13(10-12)20(22)23)17-11-14(15-6-2-9-24-15)19-8-3-7-18-19/h1-10,14H,11H2,(H,17,21). The molecule has 2 aromatic heterocycles. The molecule has 7 nitrogen and oxygen atoms in total. The van der Waals surface area contributed by atoms with Crippen LogP contribution in [0.5, 0.6) is 0 Å². The van der Waals surface area contributed by atoms with E-state index in [1.54, 1.807) is 28.3 Å². The van der Waals surface area contributed by atoms with Crippen molar-refractivity contribution in [2.24, 2.45) is 0 Å². The molecule has 0 fully saturated rings. The van der Waals surface area contributed by atoms with Gasteiger partial charge in [0.1, 0.15) is 6.04 Å². The van der Waals surface area contributed by atoms with E-state index in [2.05, 4.69) is 10.4 Å². The second-order valence-electron chi connectivity index (χ2n) is 5.03. The van der Waals surface area contributed by atoms with E-state index in [4.69, 9.17) is 0 Å². The maximum atomic E-state index is 12.3. The first-order valence-corrected chi connectivity index (χ1v) is 8.08. The summed E-state index contributed by atoms with van der Waals surface area (Å²) in [6, 6.07) is 11.3. The number of carbonyl (C=O) groups excluding carboxylic acids is 1. The van der Waals surface area contributed by atoms with E-state index in [1.807, 2.05) is 29.8 Å². The largest absolute Gasteiger partial charge is 0.350 e. The Kier molecular flexibility index (Phi) is 4.66. The summed E-state index contributed by atoms with van der Waals surface area (Å²) in [5.74, 6) is -0.354. The number of nitrogens with one attached hydrogen (secondary N) is 1. The van der Waals surface area contributed by atoms with Crippen LogP contribution in [-0.2, 0) is 0 Å². The Bertz CT molecular complexity index is 797. The number of rotatable bonds is 6. The molecular formula is C16H14N4O3S. The van der Waals surface area contributed by atoms with Crippen LogP contribution in [0.2, 0.25) is 0 Å². The average molecular weight is 342 g/mol. The quantitative estimate of drug-likeness (QED) is 0.551. The van der Waals surface area contributed by atoms with Gasteiger partial charge in [-0.3, -0.25) is 19.6 Å². The Balaban J connectivity index is 1.74. The summed E-state index contributed by atoms with van der Waals surface area (Å²) in [5.41, 5.74) is 0.152. The minimum Gasteiger partial charge on any atom is -0.350 e. The Morgan fingerprint density at radius 2 is 2.21 bits per heavy atom. The van der Waals surface area contributed by atoms with E-state index in [0.29, 0.717) is 6.54 Å². The predicted molar refractivity (Wildman–Crippen MR) is 90.1 cm³/mol. The van der Waals surface area contributed by atoms with Crippen LogP contribution in [0.4, 0.5) is 5.69 Å². The highest BCUT2D eigenvalue weighted by Gasteiger charge is 2.18. The van der Waals surface area contributed by atoms with Crippen LogP contribution in [0.3, 0.4) is 0 Å². The molecule has 0 saturated heterocycles. The van der Waals surface area contributed by atoms with Crippen molar-refractivity contribution in [2.75, 3.05) is 6.54 Å². The van der Waals surface area contributed by atoms with Crippen LogP contribution in [-0.4, -0.2) is 27.2 Å². The lowest BCUT2D eigenvalue weighted by Crippen LogP contribution is -2.31. The van der Waals surface area contributed by atoms with Gasteiger partial charge < -0.3 is 5.32 Å². The molecule has 0 aliphatic rings. The van der Waals surface area contributed by atoms with Gasteiger partial charge in [0.15, 0.2) is 0 Å². The SMILES string of the molecule is O=C(NCC(c1cccs1)n1cccn1)c1cccc([N+](=O)[O-])c1. The highest BCUT2D eigenvalue weighted by molar-refractivity contribution is 7.10. The minimum absolute atomic E-state index is 0.107. The summed E-state index contributed by atoms with van der Waals surface area (Å²) in [5, 5.41) is 19.9. The van der Waals surface area contributed by atoms with Crippen LogP contribution < -0.4 is 5.32 Å². The predicted octanol–water partition coefficient (Wildman–Crippen LogP) is 2.87. The number of non-ortho nitro benzene ring substituents is 1. The maximum Gasteiger partial charge on any atom is 0.270 e. The first-order valence-electron chi connectivity index (χ1n) is 7.20. The first-order chi connectivity index (χ1) is 11.6. The van der Waals surface area contributed by atoms with Gasteiger partial charge in [0.2, 0.25) is 0 Å². The fourth-order valence-corrected chi connectivity index (χ4v) is 3.14. The fourth-order valence-electron chi connectivity index (χ4n) is 2.32. The zero-order valence-corrected chi connectivity index (χ0v) is 13.3. The normalized spacial score (nSPS) is 11.8. The van der Waals surface area contributed by atoms with Crippen molar-refractivity contribution in [3.8, 4) is 0 Å². The summed E-state index contributed by atoms with van der Waals surface area (Å²) < 4.78 is 1.78. The van der Waals surface area contributed by atoms with Crippen molar-refractivity contribution < 1.29 is 9.72 Å².